The predicted octanol–water partition coefficient (Wildman–Crippen LogP) is 3.60. The molecule has 1 N–H and O–H groups in total. The standard InChI is InChI=1S/C25H23N5O2S/c31-23(26-17-19-9-6-16-33-19)13-12-22-27-28-25-29(15-14-18-7-2-1-3-8-18)24(32)20-10-4-5-11-21(20)30(22)25/h1-11,16H,12-15,17H2,(H,26,31). The molecule has 0 radical (unpaired) electrons. The molecule has 33 heavy (non-hydrogen) atoms. The summed E-state index contributed by atoms with van der Waals surface area (Å²) in [6.07, 6.45) is 1.43. The van der Waals surface area contributed by atoms with Crippen molar-refractivity contribution in [2.75, 3.05) is 0 Å². The van der Waals surface area contributed by atoms with Crippen LogP contribution in [0.25, 0.3) is 16.7 Å². The minimum absolute atomic E-state index is 0.0399. The van der Waals surface area contributed by atoms with Crippen LogP contribution in [0, 0.1) is 0 Å². The third-order valence-corrected chi connectivity index (χ3v) is 6.53. The van der Waals surface area contributed by atoms with Gasteiger partial charge in [0, 0.05) is 24.3 Å². The van der Waals surface area contributed by atoms with E-state index in [4.69, 9.17) is 0 Å². The Hall–Kier alpha value is -3.78. The van der Waals surface area contributed by atoms with Crippen molar-refractivity contribution in [3.05, 3.63) is 98.7 Å². The monoisotopic (exact) mass is 457 g/mol. The third-order valence-electron chi connectivity index (χ3n) is 5.66. The lowest BCUT2D eigenvalue weighted by atomic mass is 10.1. The highest BCUT2D eigenvalue weighted by Gasteiger charge is 2.17. The smallest absolute Gasteiger partial charge is 0.262 e. The number of amides is 1. The summed E-state index contributed by atoms with van der Waals surface area (Å²) in [7, 11) is 0. The van der Waals surface area contributed by atoms with Gasteiger partial charge in [0.15, 0.2) is 0 Å². The number of benzene rings is 2. The molecule has 0 saturated carbocycles. The van der Waals surface area contributed by atoms with Gasteiger partial charge in [-0.05, 0) is 35.6 Å². The summed E-state index contributed by atoms with van der Waals surface area (Å²) in [6.45, 7) is 1.02. The number of nitrogens with one attached hydrogen (secondary N) is 1. The molecule has 0 aliphatic rings. The third kappa shape index (κ3) is 4.42. The van der Waals surface area contributed by atoms with Crippen LogP contribution in [0.3, 0.4) is 0 Å². The normalized spacial score (nSPS) is 11.3. The highest BCUT2D eigenvalue weighted by molar-refractivity contribution is 7.09. The summed E-state index contributed by atoms with van der Waals surface area (Å²) in [6, 6.07) is 21.5. The Morgan fingerprint density at radius 1 is 0.939 bits per heavy atom. The number of carbonyl (C=O) groups excluding carboxylic acids is 1. The maximum Gasteiger partial charge on any atom is 0.262 e. The van der Waals surface area contributed by atoms with Gasteiger partial charge >= 0.3 is 0 Å². The van der Waals surface area contributed by atoms with Crippen molar-refractivity contribution in [3.8, 4) is 0 Å². The molecule has 5 rings (SSSR count). The highest BCUT2D eigenvalue weighted by atomic mass is 32.1. The van der Waals surface area contributed by atoms with E-state index in [0.717, 1.165) is 16.0 Å². The van der Waals surface area contributed by atoms with E-state index < -0.39 is 0 Å². The average Bonchev–Trinajstić information content (AvgIpc) is 3.52. The van der Waals surface area contributed by atoms with Crippen molar-refractivity contribution in [2.45, 2.75) is 32.4 Å². The molecule has 0 fully saturated rings. The molecule has 2 aromatic carbocycles. The zero-order valence-electron chi connectivity index (χ0n) is 18.0. The Balaban J connectivity index is 1.43. The van der Waals surface area contributed by atoms with Crippen LogP contribution in [0.15, 0.2) is 76.9 Å². The van der Waals surface area contributed by atoms with E-state index in [1.165, 1.54) is 0 Å². The molecular formula is C25H23N5O2S. The Labute approximate surface area is 194 Å². The quantitative estimate of drug-likeness (QED) is 0.386. The minimum Gasteiger partial charge on any atom is -0.351 e. The van der Waals surface area contributed by atoms with E-state index in [9.17, 15) is 9.59 Å². The van der Waals surface area contributed by atoms with Gasteiger partial charge in [-0.15, -0.1) is 21.5 Å². The first-order chi connectivity index (χ1) is 16.2. The van der Waals surface area contributed by atoms with Crippen LogP contribution in [0.4, 0.5) is 0 Å². The molecule has 0 spiro atoms. The van der Waals surface area contributed by atoms with Gasteiger partial charge in [-0.1, -0.05) is 48.5 Å². The van der Waals surface area contributed by atoms with E-state index in [1.54, 1.807) is 15.9 Å². The number of nitrogens with zero attached hydrogens (tertiary/aromatic N) is 4. The maximum atomic E-state index is 13.3. The van der Waals surface area contributed by atoms with Gasteiger partial charge in [-0.2, -0.15) is 0 Å². The molecule has 3 heterocycles. The minimum atomic E-state index is -0.0818. The molecule has 0 bridgehead atoms. The van der Waals surface area contributed by atoms with Crippen molar-refractivity contribution in [1.29, 1.82) is 0 Å². The lowest BCUT2D eigenvalue weighted by molar-refractivity contribution is -0.121. The van der Waals surface area contributed by atoms with Crippen LogP contribution in [-0.4, -0.2) is 25.1 Å². The van der Waals surface area contributed by atoms with Gasteiger partial charge in [0.05, 0.1) is 17.4 Å². The fraction of sp³-hybridized carbons (Fsp3) is 0.200. The van der Waals surface area contributed by atoms with E-state index in [1.807, 2.05) is 76.5 Å². The van der Waals surface area contributed by atoms with Crippen molar-refractivity contribution in [3.63, 3.8) is 0 Å². The number of hydrogen-bond donors (Lipinski definition) is 1. The predicted molar refractivity (Wildman–Crippen MR) is 129 cm³/mol. The van der Waals surface area contributed by atoms with Crippen LogP contribution >= 0.6 is 11.3 Å². The lowest BCUT2D eigenvalue weighted by Crippen LogP contribution is -2.25. The van der Waals surface area contributed by atoms with Crippen molar-refractivity contribution in [1.82, 2.24) is 24.5 Å². The summed E-state index contributed by atoms with van der Waals surface area (Å²) in [5.74, 6) is 1.13. The van der Waals surface area contributed by atoms with E-state index >= 15 is 0 Å². The maximum absolute atomic E-state index is 13.3. The second-order valence-electron chi connectivity index (χ2n) is 7.82. The second kappa shape index (κ2) is 9.38. The lowest BCUT2D eigenvalue weighted by Gasteiger charge is -2.11. The highest BCUT2D eigenvalue weighted by Crippen LogP contribution is 2.16. The largest absolute Gasteiger partial charge is 0.351 e. The topological polar surface area (TPSA) is 81.3 Å². The van der Waals surface area contributed by atoms with Gasteiger partial charge in [-0.25, -0.2) is 0 Å². The number of aromatic nitrogens is 4. The Bertz CT molecular complexity index is 1460. The zero-order chi connectivity index (χ0) is 22.6. The Kier molecular flexibility index (Phi) is 5.99. The first kappa shape index (κ1) is 21.1. The number of aryl methyl sites for hydroxylation is 3. The molecule has 0 aliphatic heterocycles. The SMILES string of the molecule is O=C(CCc1nnc2n(CCc3ccccc3)c(=O)c3ccccc3n12)NCc1cccs1. The number of hydrogen-bond acceptors (Lipinski definition) is 5. The fourth-order valence-electron chi connectivity index (χ4n) is 3.98. The second-order valence-corrected chi connectivity index (χ2v) is 8.85. The first-order valence-electron chi connectivity index (χ1n) is 10.9. The van der Waals surface area contributed by atoms with Crippen molar-refractivity contribution in [2.24, 2.45) is 0 Å². The summed E-state index contributed by atoms with van der Waals surface area (Å²) in [5.41, 5.74) is 1.83. The van der Waals surface area contributed by atoms with Crippen LogP contribution in [0.2, 0.25) is 0 Å². The van der Waals surface area contributed by atoms with Crippen LogP contribution in [0.1, 0.15) is 22.7 Å². The molecule has 3 aromatic heterocycles. The number of para-hydroxylation sites is 1. The van der Waals surface area contributed by atoms with E-state index in [-0.39, 0.29) is 11.5 Å². The summed E-state index contributed by atoms with van der Waals surface area (Å²) < 4.78 is 3.59. The molecule has 0 unspecified atom stereocenters. The number of fused-ring (bicyclic) bond motifs is 3. The fourth-order valence-corrected chi connectivity index (χ4v) is 4.62. The van der Waals surface area contributed by atoms with Gasteiger partial charge in [0.2, 0.25) is 11.7 Å². The van der Waals surface area contributed by atoms with Crippen molar-refractivity contribution < 1.29 is 4.79 Å². The summed E-state index contributed by atoms with van der Waals surface area (Å²) >= 11 is 1.62. The Morgan fingerprint density at radius 3 is 2.58 bits per heavy atom. The molecule has 0 saturated heterocycles. The zero-order valence-corrected chi connectivity index (χ0v) is 18.8. The molecule has 7 nitrogen and oxygen atoms in total. The number of thiophene rings is 1. The van der Waals surface area contributed by atoms with Crippen molar-refractivity contribution >= 4 is 33.9 Å². The molecule has 8 heteroatoms. The Morgan fingerprint density at radius 2 is 1.76 bits per heavy atom. The molecule has 166 valence electrons. The molecule has 5 aromatic rings. The first-order valence-corrected chi connectivity index (χ1v) is 11.8. The number of carbonyl (C=O) groups is 1. The van der Waals surface area contributed by atoms with Gasteiger partial charge in [-0.3, -0.25) is 18.6 Å². The van der Waals surface area contributed by atoms with Gasteiger partial charge in [0.1, 0.15) is 5.82 Å². The average molecular weight is 458 g/mol. The molecular weight excluding hydrogens is 434 g/mol. The van der Waals surface area contributed by atoms with Crippen LogP contribution in [-0.2, 0) is 30.7 Å². The summed E-state index contributed by atoms with van der Waals surface area (Å²) in [4.78, 5) is 26.8. The molecule has 0 atom stereocenters. The van der Waals surface area contributed by atoms with E-state index in [2.05, 4.69) is 15.5 Å². The summed E-state index contributed by atoms with van der Waals surface area (Å²) in [5, 5.41) is 14.3. The molecule has 1 amide bonds. The van der Waals surface area contributed by atoms with Crippen LogP contribution in [0.5, 0.6) is 0 Å². The van der Waals surface area contributed by atoms with Crippen LogP contribution < -0.4 is 10.9 Å². The van der Waals surface area contributed by atoms with Gasteiger partial charge in [0.25, 0.3) is 5.56 Å². The van der Waals surface area contributed by atoms with Gasteiger partial charge < -0.3 is 5.32 Å². The molecule has 0 aliphatic carbocycles. The van der Waals surface area contributed by atoms with E-state index in [0.29, 0.717) is 49.3 Å². The number of rotatable bonds is 8.